The Morgan fingerprint density at radius 3 is 1.71 bits per heavy atom. The molecule has 0 heterocycles. The highest BCUT2D eigenvalue weighted by Gasteiger charge is 2.39. The third-order valence-electron chi connectivity index (χ3n) is 3.50. The molecular weight excluding hydrogens is 277 g/mol. The summed E-state index contributed by atoms with van der Waals surface area (Å²) in [4.78, 5) is 12.1. The van der Waals surface area contributed by atoms with Gasteiger partial charge < -0.3 is 0 Å². The zero-order chi connectivity index (χ0) is 15.3. The van der Waals surface area contributed by atoms with Crippen molar-refractivity contribution in [3.05, 3.63) is 60.2 Å². The lowest BCUT2D eigenvalue weighted by Gasteiger charge is -2.22. The van der Waals surface area contributed by atoms with Crippen LogP contribution >= 0.6 is 0 Å². The van der Waals surface area contributed by atoms with Crippen molar-refractivity contribution in [1.82, 2.24) is 0 Å². The topological polar surface area (TPSA) is 17.1 Å². The number of carbonyl (C=O) groups is 1. The minimum atomic E-state index is -2.20. The molecule has 0 saturated carbocycles. The molecule has 0 aliphatic carbocycles. The monoisotopic (exact) mass is 292 g/mol. The molecule has 0 atom stereocenters. The minimum absolute atomic E-state index is 0.114. The number of ketones is 1. The van der Waals surface area contributed by atoms with Gasteiger partial charge in [-0.1, -0.05) is 54.6 Å². The van der Waals surface area contributed by atoms with Crippen LogP contribution in [0.3, 0.4) is 0 Å². The summed E-state index contributed by atoms with van der Waals surface area (Å²) in [5, 5.41) is 0. The van der Waals surface area contributed by atoms with Crippen molar-refractivity contribution in [3.63, 3.8) is 0 Å². The average molecular weight is 292 g/mol. The molecule has 0 unspecified atom stereocenters. The minimum Gasteiger partial charge on any atom is -0.293 e. The molecule has 0 amide bonds. The predicted molar refractivity (Wildman–Crippen MR) is 76.6 cm³/mol. The summed E-state index contributed by atoms with van der Waals surface area (Å²) in [6.45, 7) is -4.04. The van der Waals surface area contributed by atoms with Gasteiger partial charge in [-0.3, -0.25) is 4.79 Å². The zero-order valence-electron chi connectivity index (χ0n) is 11.4. The quantitative estimate of drug-likeness (QED) is 0.720. The van der Waals surface area contributed by atoms with Crippen LogP contribution in [0.25, 0.3) is 11.1 Å². The van der Waals surface area contributed by atoms with Crippen molar-refractivity contribution in [1.29, 1.82) is 0 Å². The second-order valence-corrected chi connectivity index (χ2v) is 4.95. The van der Waals surface area contributed by atoms with Gasteiger partial charge in [-0.2, -0.15) is 0 Å². The SMILES string of the molecule is O=C(c1ccc(-c2ccccc2)cc1)C(CF)(CF)CF. The number of halogens is 3. The van der Waals surface area contributed by atoms with Crippen molar-refractivity contribution in [2.45, 2.75) is 0 Å². The Bertz CT molecular complexity index is 581. The van der Waals surface area contributed by atoms with Crippen LogP contribution < -0.4 is 0 Å². The molecule has 0 fully saturated rings. The third kappa shape index (κ3) is 2.99. The van der Waals surface area contributed by atoms with Crippen molar-refractivity contribution < 1.29 is 18.0 Å². The summed E-state index contributed by atoms with van der Waals surface area (Å²) >= 11 is 0. The number of carbonyl (C=O) groups excluding carboxylic acids is 1. The molecule has 2 aromatic carbocycles. The zero-order valence-corrected chi connectivity index (χ0v) is 11.4. The highest BCUT2D eigenvalue weighted by molar-refractivity contribution is 6.01. The smallest absolute Gasteiger partial charge is 0.176 e. The van der Waals surface area contributed by atoms with E-state index in [2.05, 4.69) is 0 Å². The lowest BCUT2D eigenvalue weighted by atomic mass is 9.83. The Hall–Kier alpha value is -2.10. The molecule has 0 aliphatic heterocycles. The number of Topliss-reactive ketones (excluding diaryl/α,β-unsaturated/α-hetero) is 1. The Morgan fingerprint density at radius 1 is 0.762 bits per heavy atom. The molecule has 0 N–H and O–H groups in total. The first-order valence-electron chi connectivity index (χ1n) is 6.55. The van der Waals surface area contributed by atoms with Crippen molar-refractivity contribution >= 4 is 5.78 Å². The van der Waals surface area contributed by atoms with Gasteiger partial charge in [-0.25, -0.2) is 13.2 Å². The lowest BCUT2D eigenvalue weighted by Crippen LogP contribution is -2.38. The summed E-state index contributed by atoms with van der Waals surface area (Å²) in [5.74, 6) is -0.838. The van der Waals surface area contributed by atoms with Crippen LogP contribution in [0.1, 0.15) is 10.4 Å². The maximum atomic E-state index is 12.9. The van der Waals surface area contributed by atoms with E-state index >= 15 is 0 Å². The molecule has 110 valence electrons. The molecule has 0 aromatic heterocycles. The van der Waals surface area contributed by atoms with Crippen molar-refractivity contribution in [2.75, 3.05) is 20.0 Å². The van der Waals surface area contributed by atoms with Crippen LogP contribution in [0.15, 0.2) is 54.6 Å². The van der Waals surface area contributed by atoms with E-state index in [0.29, 0.717) is 0 Å². The predicted octanol–water partition coefficient (Wildman–Crippen LogP) is 4.43. The van der Waals surface area contributed by atoms with Gasteiger partial charge in [0.2, 0.25) is 0 Å². The largest absolute Gasteiger partial charge is 0.293 e. The summed E-state index contributed by atoms with van der Waals surface area (Å²) in [6, 6.07) is 15.8. The van der Waals surface area contributed by atoms with E-state index in [0.717, 1.165) is 11.1 Å². The molecule has 1 nitrogen and oxygen atoms in total. The third-order valence-corrected chi connectivity index (χ3v) is 3.50. The van der Waals surface area contributed by atoms with Crippen LogP contribution in [-0.4, -0.2) is 25.8 Å². The van der Waals surface area contributed by atoms with Crippen LogP contribution in [0.4, 0.5) is 13.2 Å². The van der Waals surface area contributed by atoms with Gasteiger partial charge in [0.25, 0.3) is 0 Å². The van der Waals surface area contributed by atoms with E-state index in [-0.39, 0.29) is 5.56 Å². The molecule has 0 aliphatic rings. The number of hydrogen-bond donors (Lipinski definition) is 0. The molecule has 21 heavy (non-hydrogen) atoms. The van der Waals surface area contributed by atoms with Crippen LogP contribution in [-0.2, 0) is 0 Å². The molecule has 0 spiro atoms. The van der Waals surface area contributed by atoms with Gasteiger partial charge in [0.05, 0.1) is 0 Å². The van der Waals surface area contributed by atoms with Crippen LogP contribution in [0.2, 0.25) is 0 Å². The van der Waals surface area contributed by atoms with Gasteiger partial charge in [0, 0.05) is 5.56 Å². The number of rotatable bonds is 6. The Balaban J connectivity index is 2.29. The molecule has 0 saturated heterocycles. The molecular formula is C17H15F3O. The van der Waals surface area contributed by atoms with Crippen LogP contribution in [0, 0.1) is 5.41 Å². The normalized spacial score (nSPS) is 11.4. The Morgan fingerprint density at radius 2 is 1.24 bits per heavy atom. The second kappa shape index (κ2) is 6.57. The first-order valence-corrected chi connectivity index (χ1v) is 6.55. The first-order chi connectivity index (χ1) is 10.2. The van der Waals surface area contributed by atoms with Gasteiger partial charge in [-0.15, -0.1) is 0 Å². The van der Waals surface area contributed by atoms with Gasteiger partial charge in [0.1, 0.15) is 25.4 Å². The molecule has 0 radical (unpaired) electrons. The molecule has 4 heteroatoms. The fourth-order valence-corrected chi connectivity index (χ4v) is 2.04. The van der Waals surface area contributed by atoms with E-state index in [9.17, 15) is 18.0 Å². The van der Waals surface area contributed by atoms with E-state index in [1.54, 1.807) is 12.1 Å². The summed E-state index contributed by atoms with van der Waals surface area (Å²) in [6.07, 6.45) is 0. The van der Waals surface area contributed by atoms with Gasteiger partial charge >= 0.3 is 0 Å². The van der Waals surface area contributed by atoms with E-state index in [1.807, 2.05) is 30.3 Å². The standard InChI is InChI=1S/C17H15F3O/c18-10-17(11-19,12-20)16(21)15-8-6-14(7-9-15)13-4-2-1-3-5-13/h1-9H,10-12H2. The van der Waals surface area contributed by atoms with Crippen LogP contribution in [0.5, 0.6) is 0 Å². The van der Waals surface area contributed by atoms with Gasteiger partial charge in [-0.05, 0) is 11.1 Å². The van der Waals surface area contributed by atoms with E-state index in [1.165, 1.54) is 12.1 Å². The van der Waals surface area contributed by atoms with E-state index < -0.39 is 31.2 Å². The number of hydrogen-bond acceptors (Lipinski definition) is 1. The fourth-order valence-electron chi connectivity index (χ4n) is 2.04. The van der Waals surface area contributed by atoms with Gasteiger partial charge in [0.15, 0.2) is 5.78 Å². The fraction of sp³-hybridized carbons (Fsp3) is 0.235. The van der Waals surface area contributed by atoms with Crippen molar-refractivity contribution in [3.8, 4) is 11.1 Å². The maximum absolute atomic E-state index is 12.9. The highest BCUT2D eigenvalue weighted by Crippen LogP contribution is 2.27. The lowest BCUT2D eigenvalue weighted by molar-refractivity contribution is 0.0599. The second-order valence-electron chi connectivity index (χ2n) is 4.95. The summed E-state index contributed by atoms with van der Waals surface area (Å²) in [7, 11) is 0. The summed E-state index contributed by atoms with van der Waals surface area (Å²) < 4.78 is 38.7. The molecule has 2 rings (SSSR count). The first kappa shape index (κ1) is 15.3. The Kier molecular flexibility index (Phi) is 4.78. The average Bonchev–Trinajstić information content (AvgIpc) is 2.58. The number of benzene rings is 2. The van der Waals surface area contributed by atoms with Crippen molar-refractivity contribution in [2.24, 2.45) is 5.41 Å². The van der Waals surface area contributed by atoms with E-state index in [4.69, 9.17) is 0 Å². The Labute approximate surface area is 121 Å². The molecule has 0 bridgehead atoms. The maximum Gasteiger partial charge on any atom is 0.176 e. The molecule has 2 aromatic rings. The highest BCUT2D eigenvalue weighted by atomic mass is 19.1. The number of alkyl halides is 3. The summed E-state index contributed by atoms with van der Waals surface area (Å²) in [5.41, 5.74) is -0.251.